The fraction of sp³-hybridized carbons (Fsp3) is 0.364. The Morgan fingerprint density at radius 3 is 2.65 bits per heavy atom. The summed E-state index contributed by atoms with van der Waals surface area (Å²) < 4.78 is 37.7. The van der Waals surface area contributed by atoms with Gasteiger partial charge in [0.25, 0.3) is 0 Å². The highest BCUT2D eigenvalue weighted by molar-refractivity contribution is 5.97. The van der Waals surface area contributed by atoms with Crippen LogP contribution < -0.4 is 10.6 Å². The van der Waals surface area contributed by atoms with Crippen LogP contribution in [-0.2, 0) is 6.18 Å². The molecule has 0 fully saturated rings. The first-order valence-corrected chi connectivity index (χ1v) is 5.16. The SMILES string of the molecule is CC1CN=C(N)N1c1cccc(C(F)(F)F)c1. The van der Waals surface area contributed by atoms with E-state index >= 15 is 0 Å². The minimum atomic E-state index is -4.34. The van der Waals surface area contributed by atoms with E-state index in [1.165, 1.54) is 6.07 Å². The summed E-state index contributed by atoms with van der Waals surface area (Å²) in [7, 11) is 0. The zero-order valence-electron chi connectivity index (χ0n) is 9.20. The summed E-state index contributed by atoms with van der Waals surface area (Å²) in [5, 5.41) is 0. The van der Waals surface area contributed by atoms with E-state index in [2.05, 4.69) is 4.99 Å². The molecule has 1 atom stereocenters. The van der Waals surface area contributed by atoms with Crippen LogP contribution in [0.5, 0.6) is 0 Å². The predicted molar refractivity (Wildman–Crippen MR) is 59.9 cm³/mol. The molecule has 0 saturated carbocycles. The van der Waals surface area contributed by atoms with Crippen LogP contribution in [0.4, 0.5) is 18.9 Å². The number of hydrogen-bond acceptors (Lipinski definition) is 3. The normalized spacial score (nSPS) is 20.6. The molecule has 17 heavy (non-hydrogen) atoms. The number of alkyl halides is 3. The van der Waals surface area contributed by atoms with Crippen molar-refractivity contribution in [2.45, 2.75) is 19.1 Å². The van der Waals surface area contributed by atoms with E-state index in [-0.39, 0.29) is 12.0 Å². The molecule has 1 aliphatic heterocycles. The van der Waals surface area contributed by atoms with Gasteiger partial charge in [-0.2, -0.15) is 13.2 Å². The fourth-order valence-electron chi connectivity index (χ4n) is 1.83. The van der Waals surface area contributed by atoms with E-state index in [0.717, 1.165) is 12.1 Å². The maximum atomic E-state index is 12.6. The van der Waals surface area contributed by atoms with Gasteiger partial charge in [0.05, 0.1) is 18.2 Å². The van der Waals surface area contributed by atoms with Crippen LogP contribution in [0.3, 0.4) is 0 Å². The van der Waals surface area contributed by atoms with E-state index in [1.54, 1.807) is 11.0 Å². The zero-order valence-corrected chi connectivity index (χ0v) is 9.20. The van der Waals surface area contributed by atoms with Gasteiger partial charge in [0, 0.05) is 5.69 Å². The van der Waals surface area contributed by atoms with E-state index in [1.807, 2.05) is 6.92 Å². The second-order valence-corrected chi connectivity index (χ2v) is 3.97. The maximum absolute atomic E-state index is 12.6. The van der Waals surface area contributed by atoms with Crippen molar-refractivity contribution in [1.82, 2.24) is 0 Å². The summed E-state index contributed by atoms with van der Waals surface area (Å²) in [4.78, 5) is 5.61. The number of rotatable bonds is 1. The molecule has 0 spiro atoms. The highest BCUT2D eigenvalue weighted by Gasteiger charge is 2.32. The minimum Gasteiger partial charge on any atom is -0.370 e. The average Bonchev–Trinajstić information content (AvgIpc) is 2.57. The summed E-state index contributed by atoms with van der Waals surface area (Å²) in [6.07, 6.45) is -4.34. The van der Waals surface area contributed by atoms with Gasteiger partial charge in [-0.25, -0.2) is 0 Å². The molecule has 0 radical (unpaired) electrons. The second kappa shape index (κ2) is 3.94. The van der Waals surface area contributed by atoms with Gasteiger partial charge >= 0.3 is 6.18 Å². The molecule has 0 aliphatic carbocycles. The molecule has 1 aromatic carbocycles. The van der Waals surface area contributed by atoms with Crippen LogP contribution >= 0.6 is 0 Å². The molecule has 1 aliphatic rings. The summed E-state index contributed by atoms with van der Waals surface area (Å²) in [5.41, 5.74) is 5.40. The molecule has 0 aromatic heterocycles. The van der Waals surface area contributed by atoms with Gasteiger partial charge in [-0.3, -0.25) is 4.99 Å². The third-order valence-electron chi connectivity index (χ3n) is 2.66. The van der Waals surface area contributed by atoms with Crippen LogP contribution in [0, 0.1) is 0 Å². The van der Waals surface area contributed by atoms with Crippen LogP contribution in [0.2, 0.25) is 0 Å². The Hall–Kier alpha value is -1.72. The van der Waals surface area contributed by atoms with E-state index in [9.17, 15) is 13.2 Å². The standard InChI is InChI=1S/C11H12F3N3/c1-7-6-16-10(15)17(7)9-4-2-3-8(5-9)11(12,13)14/h2-5,7H,6H2,1H3,(H2,15,16). The first-order chi connectivity index (χ1) is 7.89. The molecule has 3 nitrogen and oxygen atoms in total. The molecule has 1 heterocycles. The van der Waals surface area contributed by atoms with Crippen molar-refractivity contribution in [3.63, 3.8) is 0 Å². The van der Waals surface area contributed by atoms with Gasteiger partial charge in [0.1, 0.15) is 0 Å². The Bertz CT molecular complexity index is 454. The Balaban J connectivity index is 2.37. The topological polar surface area (TPSA) is 41.6 Å². The maximum Gasteiger partial charge on any atom is 0.416 e. The Kier molecular flexibility index (Phi) is 2.73. The number of anilines is 1. The van der Waals surface area contributed by atoms with Crippen LogP contribution in [0.1, 0.15) is 12.5 Å². The first-order valence-electron chi connectivity index (χ1n) is 5.16. The van der Waals surface area contributed by atoms with Crippen molar-refractivity contribution < 1.29 is 13.2 Å². The predicted octanol–water partition coefficient (Wildman–Crippen LogP) is 2.23. The molecule has 2 rings (SSSR count). The lowest BCUT2D eigenvalue weighted by molar-refractivity contribution is -0.137. The Morgan fingerprint density at radius 2 is 2.12 bits per heavy atom. The molecule has 6 heteroatoms. The van der Waals surface area contributed by atoms with Gasteiger partial charge in [0.2, 0.25) is 0 Å². The number of nitrogens with zero attached hydrogens (tertiary/aromatic N) is 2. The molecule has 1 unspecified atom stereocenters. The number of nitrogens with two attached hydrogens (primary N) is 1. The van der Waals surface area contributed by atoms with Crippen LogP contribution in [0.25, 0.3) is 0 Å². The van der Waals surface area contributed by atoms with Gasteiger partial charge in [-0.05, 0) is 25.1 Å². The largest absolute Gasteiger partial charge is 0.416 e. The number of guanidine groups is 1. The molecule has 92 valence electrons. The zero-order chi connectivity index (χ0) is 12.6. The minimum absolute atomic E-state index is 0.0153. The Morgan fingerprint density at radius 1 is 1.41 bits per heavy atom. The van der Waals surface area contributed by atoms with Crippen molar-refractivity contribution >= 4 is 11.6 Å². The fourth-order valence-corrected chi connectivity index (χ4v) is 1.83. The van der Waals surface area contributed by atoms with Crippen molar-refractivity contribution in [1.29, 1.82) is 0 Å². The van der Waals surface area contributed by atoms with Crippen LogP contribution in [-0.4, -0.2) is 18.5 Å². The highest BCUT2D eigenvalue weighted by Crippen LogP contribution is 2.32. The summed E-state index contributed by atoms with van der Waals surface area (Å²) in [6, 6.07) is 5.08. The van der Waals surface area contributed by atoms with Crippen LogP contribution in [0.15, 0.2) is 29.3 Å². The van der Waals surface area contributed by atoms with Crippen molar-refractivity contribution in [2.75, 3.05) is 11.4 Å². The van der Waals surface area contributed by atoms with Gasteiger partial charge in [0.15, 0.2) is 5.96 Å². The smallest absolute Gasteiger partial charge is 0.370 e. The lowest BCUT2D eigenvalue weighted by Gasteiger charge is -2.24. The monoisotopic (exact) mass is 243 g/mol. The third kappa shape index (κ3) is 2.20. The van der Waals surface area contributed by atoms with Crippen molar-refractivity contribution in [2.24, 2.45) is 10.7 Å². The summed E-state index contributed by atoms with van der Waals surface area (Å²) in [5.74, 6) is 0.261. The molecule has 1 aromatic rings. The molecule has 2 N–H and O–H groups in total. The molecule has 0 saturated heterocycles. The van der Waals surface area contributed by atoms with E-state index in [0.29, 0.717) is 12.2 Å². The van der Waals surface area contributed by atoms with Gasteiger partial charge < -0.3 is 10.6 Å². The number of aliphatic imine (C=N–C) groups is 1. The molecular weight excluding hydrogens is 231 g/mol. The second-order valence-electron chi connectivity index (χ2n) is 3.97. The Labute approximate surface area is 96.7 Å². The quantitative estimate of drug-likeness (QED) is 0.821. The van der Waals surface area contributed by atoms with Gasteiger partial charge in [-0.15, -0.1) is 0 Å². The summed E-state index contributed by atoms with van der Waals surface area (Å²) >= 11 is 0. The summed E-state index contributed by atoms with van der Waals surface area (Å²) in [6.45, 7) is 2.37. The van der Waals surface area contributed by atoms with Crippen molar-refractivity contribution in [3.8, 4) is 0 Å². The highest BCUT2D eigenvalue weighted by atomic mass is 19.4. The lowest BCUT2D eigenvalue weighted by Crippen LogP contribution is -2.39. The van der Waals surface area contributed by atoms with E-state index < -0.39 is 11.7 Å². The lowest BCUT2D eigenvalue weighted by atomic mass is 10.1. The first kappa shape index (κ1) is 11.8. The molecule has 0 bridgehead atoms. The number of hydrogen-bond donors (Lipinski definition) is 1. The van der Waals surface area contributed by atoms with Gasteiger partial charge in [-0.1, -0.05) is 6.07 Å². The van der Waals surface area contributed by atoms with E-state index in [4.69, 9.17) is 5.73 Å². The number of halogens is 3. The third-order valence-corrected chi connectivity index (χ3v) is 2.66. The number of benzene rings is 1. The average molecular weight is 243 g/mol. The molecular formula is C11H12F3N3. The molecule has 0 amide bonds. The van der Waals surface area contributed by atoms with Crippen molar-refractivity contribution in [3.05, 3.63) is 29.8 Å².